The molecule has 3 fully saturated rings. The molecule has 1 aliphatic heterocycles. The van der Waals surface area contributed by atoms with Gasteiger partial charge in [0.2, 0.25) is 0 Å². The zero-order valence-electron chi connectivity index (χ0n) is 15.3. The van der Waals surface area contributed by atoms with Crippen LogP contribution in [0.1, 0.15) is 53.9 Å². The molecule has 142 valence electrons. The highest BCUT2D eigenvalue weighted by molar-refractivity contribution is 7.87. The maximum atomic E-state index is 12.5. The molecule has 0 aromatic carbocycles. The molecule has 7 nitrogen and oxygen atoms in total. The Bertz CT molecular complexity index is 698. The van der Waals surface area contributed by atoms with Gasteiger partial charge < -0.3 is 9.47 Å². The topological polar surface area (TPSA) is 96.0 Å². The largest absolute Gasteiger partial charge is 0.454 e. The zero-order chi connectivity index (χ0) is 18.8. The van der Waals surface area contributed by atoms with Gasteiger partial charge in [-0.15, -0.1) is 0 Å². The SMILES string of the molecule is CCC(C)(C)C(=O)OC(C)C(=O)OC1(C)C2CC3C1OS(=O)(=O)C3C2. The highest BCUT2D eigenvalue weighted by Gasteiger charge is 2.70. The summed E-state index contributed by atoms with van der Waals surface area (Å²) in [5.41, 5.74) is -1.68. The van der Waals surface area contributed by atoms with Crippen molar-refractivity contribution >= 4 is 22.1 Å². The van der Waals surface area contributed by atoms with Crippen molar-refractivity contribution in [1.29, 1.82) is 0 Å². The van der Waals surface area contributed by atoms with Crippen molar-refractivity contribution in [1.82, 2.24) is 0 Å². The lowest BCUT2D eigenvalue weighted by molar-refractivity contribution is -0.190. The molecule has 0 N–H and O–H groups in total. The molecule has 25 heavy (non-hydrogen) atoms. The van der Waals surface area contributed by atoms with E-state index in [-0.39, 0.29) is 11.8 Å². The summed E-state index contributed by atoms with van der Waals surface area (Å²) in [5, 5.41) is -0.477. The van der Waals surface area contributed by atoms with Crippen LogP contribution in [-0.2, 0) is 33.4 Å². The fraction of sp³-hybridized carbons (Fsp3) is 0.882. The minimum Gasteiger partial charge on any atom is -0.454 e. The lowest BCUT2D eigenvalue weighted by Crippen LogP contribution is -2.50. The maximum Gasteiger partial charge on any atom is 0.347 e. The van der Waals surface area contributed by atoms with Crippen LogP contribution in [0.3, 0.4) is 0 Å². The molecule has 1 saturated heterocycles. The lowest BCUT2D eigenvalue weighted by Gasteiger charge is -2.36. The van der Waals surface area contributed by atoms with Gasteiger partial charge >= 0.3 is 11.9 Å². The average molecular weight is 374 g/mol. The van der Waals surface area contributed by atoms with Gasteiger partial charge in [-0.05, 0) is 47.0 Å². The van der Waals surface area contributed by atoms with E-state index in [9.17, 15) is 18.0 Å². The minimum absolute atomic E-state index is 0.0521. The highest BCUT2D eigenvalue weighted by Crippen LogP contribution is 2.60. The van der Waals surface area contributed by atoms with Gasteiger partial charge in [0.1, 0.15) is 11.7 Å². The number of fused-ring (bicyclic) bond motifs is 1. The molecule has 3 rings (SSSR count). The first-order valence-corrected chi connectivity index (χ1v) is 10.3. The van der Waals surface area contributed by atoms with E-state index >= 15 is 0 Å². The molecule has 6 unspecified atom stereocenters. The van der Waals surface area contributed by atoms with Crippen molar-refractivity contribution in [2.75, 3.05) is 0 Å². The fourth-order valence-electron chi connectivity index (χ4n) is 4.14. The Labute approximate surface area is 148 Å². The molecule has 6 atom stereocenters. The number of rotatable bonds is 5. The quantitative estimate of drug-likeness (QED) is 0.535. The van der Waals surface area contributed by atoms with Crippen LogP contribution >= 0.6 is 0 Å². The number of hydrogen-bond donors (Lipinski definition) is 0. The molecule has 2 bridgehead atoms. The van der Waals surface area contributed by atoms with Gasteiger partial charge in [-0.1, -0.05) is 6.92 Å². The normalized spacial score (nSPS) is 39.2. The number of ether oxygens (including phenoxy) is 2. The molecule has 0 aromatic heterocycles. The summed E-state index contributed by atoms with van der Waals surface area (Å²) in [6.45, 7) is 8.57. The molecule has 0 amide bonds. The second-order valence-corrected chi connectivity index (χ2v) is 10.1. The van der Waals surface area contributed by atoms with Crippen LogP contribution in [0.15, 0.2) is 0 Å². The number of carbonyl (C=O) groups is 2. The second-order valence-electron chi connectivity index (χ2n) is 8.27. The minimum atomic E-state index is -3.58. The Balaban J connectivity index is 1.69. The van der Waals surface area contributed by atoms with Gasteiger partial charge in [0.25, 0.3) is 10.1 Å². The Morgan fingerprint density at radius 1 is 1.32 bits per heavy atom. The maximum absolute atomic E-state index is 12.5. The summed E-state index contributed by atoms with van der Waals surface area (Å²) in [4.78, 5) is 24.6. The van der Waals surface area contributed by atoms with Crippen molar-refractivity contribution in [3.8, 4) is 0 Å². The van der Waals surface area contributed by atoms with Crippen molar-refractivity contribution in [2.45, 2.75) is 76.9 Å². The van der Waals surface area contributed by atoms with Crippen molar-refractivity contribution in [3.05, 3.63) is 0 Å². The monoisotopic (exact) mass is 374 g/mol. The number of esters is 2. The van der Waals surface area contributed by atoms with E-state index < -0.39 is 50.5 Å². The van der Waals surface area contributed by atoms with Crippen molar-refractivity contribution < 1.29 is 31.7 Å². The van der Waals surface area contributed by atoms with Crippen LogP contribution < -0.4 is 0 Å². The third kappa shape index (κ3) is 2.77. The van der Waals surface area contributed by atoms with Gasteiger partial charge in [0, 0.05) is 11.8 Å². The Morgan fingerprint density at radius 2 is 1.96 bits per heavy atom. The van der Waals surface area contributed by atoms with Crippen LogP contribution in [0.2, 0.25) is 0 Å². The molecular formula is C17H26O7S. The lowest BCUT2D eigenvalue weighted by atomic mass is 9.83. The van der Waals surface area contributed by atoms with E-state index in [2.05, 4.69) is 0 Å². The Hall–Kier alpha value is -1.15. The van der Waals surface area contributed by atoms with Crippen LogP contribution in [-0.4, -0.2) is 43.4 Å². The molecule has 2 aliphatic carbocycles. The Kier molecular flexibility index (Phi) is 4.23. The fourth-order valence-corrected chi connectivity index (χ4v) is 6.06. The van der Waals surface area contributed by atoms with Gasteiger partial charge in [0.15, 0.2) is 6.10 Å². The standard InChI is InChI=1S/C17H26O7S/c1-6-16(3,4)15(19)22-9(2)14(18)23-17(5)10-7-11-12(8-10)25(20,21)24-13(11)17/h9-13H,6-8H2,1-5H3. The third-order valence-corrected chi connectivity index (χ3v) is 8.06. The molecule has 1 heterocycles. The first kappa shape index (κ1) is 18.6. The summed E-state index contributed by atoms with van der Waals surface area (Å²) < 4.78 is 40.3. The van der Waals surface area contributed by atoms with E-state index in [4.69, 9.17) is 13.7 Å². The molecule has 3 aliphatic rings. The molecule has 2 saturated carbocycles. The summed E-state index contributed by atoms with van der Waals surface area (Å²) in [6.07, 6.45) is 0.0208. The number of hydrogen-bond acceptors (Lipinski definition) is 7. The van der Waals surface area contributed by atoms with Crippen molar-refractivity contribution in [2.24, 2.45) is 17.3 Å². The summed E-state index contributed by atoms with van der Waals surface area (Å²) in [7, 11) is -3.58. The molecule has 0 radical (unpaired) electrons. The van der Waals surface area contributed by atoms with Crippen molar-refractivity contribution in [3.63, 3.8) is 0 Å². The zero-order valence-corrected chi connectivity index (χ0v) is 16.1. The van der Waals surface area contributed by atoms with E-state index in [0.29, 0.717) is 19.3 Å². The second kappa shape index (κ2) is 5.67. The smallest absolute Gasteiger partial charge is 0.347 e. The first-order valence-electron chi connectivity index (χ1n) is 8.78. The molecule has 8 heteroatoms. The van der Waals surface area contributed by atoms with E-state index in [1.165, 1.54) is 6.92 Å². The van der Waals surface area contributed by atoms with Gasteiger partial charge in [0.05, 0.1) is 10.7 Å². The predicted molar refractivity (Wildman–Crippen MR) is 87.9 cm³/mol. The molecule has 0 aromatic rings. The van der Waals surface area contributed by atoms with E-state index in [1.807, 2.05) is 6.92 Å². The third-order valence-electron chi connectivity index (χ3n) is 6.30. The van der Waals surface area contributed by atoms with Gasteiger partial charge in [-0.25, -0.2) is 4.79 Å². The Morgan fingerprint density at radius 3 is 2.56 bits per heavy atom. The first-order chi connectivity index (χ1) is 11.4. The summed E-state index contributed by atoms with van der Waals surface area (Å²) in [6, 6.07) is 0. The van der Waals surface area contributed by atoms with E-state index in [1.54, 1.807) is 20.8 Å². The predicted octanol–water partition coefficient (Wildman–Crippen LogP) is 1.79. The van der Waals surface area contributed by atoms with Gasteiger partial charge in [-0.3, -0.25) is 8.98 Å². The average Bonchev–Trinajstić information content (AvgIpc) is 3.11. The summed E-state index contributed by atoms with van der Waals surface area (Å²) >= 11 is 0. The van der Waals surface area contributed by atoms with Crippen LogP contribution in [0, 0.1) is 17.3 Å². The molecule has 0 spiro atoms. The van der Waals surface area contributed by atoms with E-state index in [0.717, 1.165) is 0 Å². The molecular weight excluding hydrogens is 348 g/mol. The highest BCUT2D eigenvalue weighted by atomic mass is 32.2. The van der Waals surface area contributed by atoms with Crippen LogP contribution in [0.25, 0.3) is 0 Å². The van der Waals surface area contributed by atoms with Crippen LogP contribution in [0.4, 0.5) is 0 Å². The van der Waals surface area contributed by atoms with Crippen LogP contribution in [0.5, 0.6) is 0 Å². The number of carbonyl (C=O) groups excluding carboxylic acids is 2. The van der Waals surface area contributed by atoms with Gasteiger partial charge in [-0.2, -0.15) is 8.42 Å². The summed E-state index contributed by atoms with van der Waals surface area (Å²) in [5.74, 6) is -1.30.